The number of benzene rings is 5. The summed E-state index contributed by atoms with van der Waals surface area (Å²) in [6, 6.07) is 15.6. The zero-order valence-corrected chi connectivity index (χ0v) is 26.4. The van der Waals surface area contributed by atoms with E-state index in [4.69, 9.17) is 4.74 Å². The minimum Gasteiger partial charge on any atom is -0.505 e. The summed E-state index contributed by atoms with van der Waals surface area (Å²) in [4.78, 5) is -3.08. The van der Waals surface area contributed by atoms with Gasteiger partial charge in [-0.3, -0.25) is 18.2 Å². The number of hydrogen-bond donors (Lipinski definition) is 5. The molecule has 5 aromatic rings. The van der Waals surface area contributed by atoms with E-state index in [1.54, 1.807) is 24.3 Å². The molecule has 0 spiro atoms. The molecule has 47 heavy (non-hydrogen) atoms. The van der Waals surface area contributed by atoms with E-state index < -0.39 is 83.8 Å². The van der Waals surface area contributed by atoms with Gasteiger partial charge in [-0.15, -0.1) is 10.2 Å². The Kier molecular flexibility index (Phi) is 8.57. The van der Waals surface area contributed by atoms with Gasteiger partial charge < -0.3 is 9.84 Å². The highest BCUT2D eigenvalue weighted by Crippen LogP contribution is 2.42. The molecule has 0 fully saturated rings. The molecule has 0 heterocycles. The third-order valence-corrected chi connectivity index (χ3v) is 10.3. The van der Waals surface area contributed by atoms with Crippen LogP contribution in [0.5, 0.6) is 11.5 Å². The molecule has 0 unspecified atom stereocenters. The quantitative estimate of drug-likeness (QED) is 0.102. The fourth-order valence-corrected chi connectivity index (χ4v) is 7.36. The standard InChI is InChI=1S/C27H20N2O14S4/c30-26-20-9-8-19(44(31,32)33)11-17(20)12-24(46(37,38)39)25(26)29-28-22-10-7-18(13-23(22)45(34,35)36)43-14-16-6-5-15-3-1-2-4-21(15)27(16)47(40,41)42/h1-13,30H,14H2,(H,31,32,33)(H,34,35,36)(H,37,38,39)(H,40,41,42). The summed E-state index contributed by atoms with van der Waals surface area (Å²) in [5.41, 5.74) is -1.49. The maximum Gasteiger partial charge on any atom is 0.296 e. The Morgan fingerprint density at radius 3 is 1.91 bits per heavy atom. The number of phenolic OH excluding ortho intramolecular Hbond substituents is 1. The van der Waals surface area contributed by atoms with Gasteiger partial charge in [0.1, 0.15) is 38.4 Å². The number of rotatable bonds is 9. The molecule has 0 bridgehead atoms. The van der Waals surface area contributed by atoms with E-state index in [-0.39, 0.29) is 27.5 Å². The Bertz CT molecular complexity index is 2590. The number of hydrogen-bond acceptors (Lipinski definition) is 12. The van der Waals surface area contributed by atoms with E-state index in [0.29, 0.717) is 5.39 Å². The lowest BCUT2D eigenvalue weighted by atomic mass is 10.1. The zero-order valence-electron chi connectivity index (χ0n) is 23.2. The Morgan fingerprint density at radius 2 is 1.28 bits per heavy atom. The Morgan fingerprint density at radius 1 is 0.596 bits per heavy atom. The van der Waals surface area contributed by atoms with Crippen LogP contribution in [0.1, 0.15) is 5.56 Å². The molecule has 0 atom stereocenters. The summed E-state index contributed by atoms with van der Waals surface area (Å²) in [6.45, 7) is -0.492. The summed E-state index contributed by atoms with van der Waals surface area (Å²) in [6.07, 6.45) is 0. The zero-order chi connectivity index (χ0) is 34.5. The van der Waals surface area contributed by atoms with Gasteiger partial charge in [-0.2, -0.15) is 33.7 Å². The third-order valence-electron chi connectivity index (χ3n) is 6.68. The SMILES string of the molecule is O=S(=O)(O)c1ccc2c(O)c(N=Nc3ccc(OCc4ccc5ccccc5c4S(=O)(=O)O)cc3S(=O)(=O)O)c(S(=O)(=O)O)cc2c1. The van der Waals surface area contributed by atoms with Crippen LogP contribution in [0.3, 0.4) is 0 Å². The first-order valence-corrected chi connectivity index (χ1v) is 18.4. The van der Waals surface area contributed by atoms with Gasteiger partial charge >= 0.3 is 0 Å². The first-order valence-electron chi connectivity index (χ1n) is 12.6. The molecule has 0 radical (unpaired) electrons. The van der Waals surface area contributed by atoms with Crippen LogP contribution in [0, 0.1) is 0 Å². The molecule has 0 aromatic heterocycles. The van der Waals surface area contributed by atoms with Gasteiger partial charge in [-0.1, -0.05) is 36.4 Å². The third kappa shape index (κ3) is 7.08. The normalized spacial score (nSPS) is 13.0. The van der Waals surface area contributed by atoms with Crippen molar-refractivity contribution >= 4 is 73.4 Å². The Labute approximate surface area is 266 Å². The van der Waals surface area contributed by atoms with Gasteiger partial charge in [0.05, 0.1) is 4.90 Å². The average Bonchev–Trinajstić information content (AvgIpc) is 2.97. The summed E-state index contributed by atoms with van der Waals surface area (Å²) >= 11 is 0. The molecule has 0 aliphatic carbocycles. The number of fused-ring (bicyclic) bond motifs is 2. The van der Waals surface area contributed by atoms with Gasteiger partial charge in [0, 0.05) is 22.4 Å². The van der Waals surface area contributed by atoms with E-state index >= 15 is 0 Å². The molecule has 0 amide bonds. The molecular weight excluding hydrogens is 705 g/mol. The molecular formula is C27H20N2O14S4. The van der Waals surface area contributed by atoms with E-state index in [1.165, 1.54) is 12.1 Å². The maximum atomic E-state index is 12.2. The fourth-order valence-electron chi connectivity index (χ4n) is 4.63. The fraction of sp³-hybridized carbons (Fsp3) is 0.0370. The van der Waals surface area contributed by atoms with Crippen LogP contribution in [0.2, 0.25) is 0 Å². The van der Waals surface area contributed by atoms with E-state index in [2.05, 4.69) is 10.2 Å². The van der Waals surface area contributed by atoms with E-state index in [1.807, 2.05) is 0 Å². The molecule has 5 aromatic carbocycles. The Hall–Kier alpha value is -4.54. The van der Waals surface area contributed by atoms with Gasteiger partial charge in [-0.25, -0.2) is 0 Å². The van der Waals surface area contributed by atoms with Crippen molar-refractivity contribution in [2.75, 3.05) is 0 Å². The first-order chi connectivity index (χ1) is 21.7. The molecule has 0 aliphatic heterocycles. The predicted octanol–water partition coefficient (Wildman–Crippen LogP) is 4.68. The lowest BCUT2D eigenvalue weighted by molar-refractivity contribution is 0.302. The lowest BCUT2D eigenvalue weighted by Crippen LogP contribution is -2.07. The second kappa shape index (κ2) is 11.9. The van der Waals surface area contributed by atoms with Crippen molar-refractivity contribution in [3.8, 4) is 11.5 Å². The number of azo groups is 1. The van der Waals surface area contributed by atoms with Gasteiger partial charge in [-0.05, 0) is 47.2 Å². The number of aromatic hydroxyl groups is 1. The maximum absolute atomic E-state index is 12.2. The number of ether oxygens (including phenoxy) is 1. The summed E-state index contributed by atoms with van der Waals surface area (Å²) in [5, 5.41) is 18.2. The highest BCUT2D eigenvalue weighted by Gasteiger charge is 2.25. The molecule has 20 heteroatoms. The predicted molar refractivity (Wildman–Crippen MR) is 164 cm³/mol. The molecule has 0 aliphatic rings. The van der Waals surface area contributed by atoms with E-state index in [0.717, 1.165) is 42.5 Å². The first kappa shape index (κ1) is 33.8. The minimum atomic E-state index is -5.18. The molecule has 0 saturated carbocycles. The molecule has 5 N–H and O–H groups in total. The molecule has 5 rings (SSSR count). The highest BCUT2D eigenvalue weighted by atomic mass is 32.2. The van der Waals surface area contributed by atoms with Crippen LogP contribution in [0.25, 0.3) is 21.5 Å². The minimum absolute atomic E-state index is 0.0107. The van der Waals surface area contributed by atoms with Crippen LogP contribution >= 0.6 is 0 Å². The van der Waals surface area contributed by atoms with Crippen LogP contribution in [0.4, 0.5) is 11.4 Å². The second-order valence-electron chi connectivity index (χ2n) is 9.75. The van der Waals surface area contributed by atoms with Crippen molar-refractivity contribution in [2.45, 2.75) is 26.2 Å². The summed E-state index contributed by atoms with van der Waals surface area (Å²) < 4.78 is 140. The second-order valence-corrected chi connectivity index (χ2v) is 15.3. The van der Waals surface area contributed by atoms with Crippen molar-refractivity contribution < 1.29 is 61.7 Å². The lowest BCUT2D eigenvalue weighted by Gasteiger charge is -2.13. The van der Waals surface area contributed by atoms with Crippen molar-refractivity contribution in [1.29, 1.82) is 0 Å². The van der Waals surface area contributed by atoms with Gasteiger partial charge in [0.15, 0.2) is 5.75 Å². The average molecular weight is 725 g/mol. The summed E-state index contributed by atoms with van der Waals surface area (Å²) in [7, 11) is -19.7. The van der Waals surface area contributed by atoms with Crippen LogP contribution in [-0.4, -0.2) is 57.0 Å². The number of phenols is 1. The molecule has 0 saturated heterocycles. The van der Waals surface area contributed by atoms with Gasteiger partial charge in [0.2, 0.25) is 0 Å². The Balaban J connectivity index is 1.55. The van der Waals surface area contributed by atoms with Crippen LogP contribution in [-0.2, 0) is 47.1 Å². The van der Waals surface area contributed by atoms with E-state index in [9.17, 15) is 57.0 Å². The molecule has 16 nitrogen and oxygen atoms in total. The van der Waals surface area contributed by atoms with Crippen molar-refractivity contribution in [3.05, 3.63) is 84.4 Å². The van der Waals surface area contributed by atoms with Crippen molar-refractivity contribution in [2.24, 2.45) is 10.2 Å². The van der Waals surface area contributed by atoms with Gasteiger partial charge in [0.25, 0.3) is 40.5 Å². The van der Waals surface area contributed by atoms with Crippen molar-refractivity contribution in [1.82, 2.24) is 0 Å². The largest absolute Gasteiger partial charge is 0.505 e. The summed E-state index contributed by atoms with van der Waals surface area (Å²) in [5.74, 6) is -1.16. The van der Waals surface area contributed by atoms with Crippen LogP contribution in [0.15, 0.2) is 109 Å². The molecule has 246 valence electrons. The smallest absolute Gasteiger partial charge is 0.296 e. The monoisotopic (exact) mass is 724 g/mol. The van der Waals surface area contributed by atoms with Crippen molar-refractivity contribution in [3.63, 3.8) is 0 Å². The number of nitrogens with zero attached hydrogens (tertiary/aromatic N) is 2. The highest BCUT2D eigenvalue weighted by molar-refractivity contribution is 7.86. The topological polar surface area (TPSA) is 272 Å². The van der Waals surface area contributed by atoms with Crippen LogP contribution < -0.4 is 4.74 Å².